The summed E-state index contributed by atoms with van der Waals surface area (Å²) in [6.45, 7) is 0. The minimum absolute atomic E-state index is 0.0216. The molecule has 0 saturated heterocycles. The monoisotopic (exact) mass is 473 g/mol. The lowest BCUT2D eigenvalue weighted by Crippen LogP contribution is -2.56. The summed E-state index contributed by atoms with van der Waals surface area (Å²) in [5.41, 5.74) is -2.63. The number of rotatable bonds is 5. The Morgan fingerprint density at radius 2 is 1.60 bits per heavy atom. The van der Waals surface area contributed by atoms with Crippen molar-refractivity contribution in [1.82, 2.24) is 5.32 Å². The number of amides is 1. The zero-order valence-electron chi connectivity index (χ0n) is 15.9. The summed E-state index contributed by atoms with van der Waals surface area (Å²) in [5, 5.41) is 12.0. The lowest BCUT2D eigenvalue weighted by atomic mass is 9.58. The fraction of sp³-hybridized carbons (Fsp3) is 0.529. The first-order valence-electron chi connectivity index (χ1n) is 8.96. The number of halogens is 5. The summed E-state index contributed by atoms with van der Waals surface area (Å²) in [6.07, 6.45) is 3.49. The van der Waals surface area contributed by atoms with Gasteiger partial charge in [-0.15, -0.1) is 0 Å². The molecule has 168 valence electrons. The number of nitrogens with one attached hydrogen (secondary N) is 2. The van der Waals surface area contributed by atoms with Gasteiger partial charge >= 0.3 is 10.2 Å². The van der Waals surface area contributed by atoms with Crippen molar-refractivity contribution in [2.75, 3.05) is 11.0 Å². The molecule has 0 spiro atoms. The number of hydrogen-bond acceptors (Lipinski definition) is 4. The quantitative estimate of drug-likeness (QED) is 0.584. The van der Waals surface area contributed by atoms with E-state index in [0.717, 1.165) is 6.26 Å². The number of anilines is 1. The van der Waals surface area contributed by atoms with Crippen LogP contribution in [0.4, 0.5) is 25.1 Å². The molecule has 0 heterocycles. The van der Waals surface area contributed by atoms with E-state index in [0.29, 0.717) is 44.6 Å². The van der Waals surface area contributed by atoms with Crippen LogP contribution in [0.25, 0.3) is 0 Å². The van der Waals surface area contributed by atoms with Crippen LogP contribution < -0.4 is 10.0 Å². The maximum Gasteiger partial charge on any atom is 0.310 e. The second kappa shape index (κ2) is 6.00. The number of nitriles is 1. The summed E-state index contributed by atoms with van der Waals surface area (Å²) < 4.78 is 91.2. The third kappa shape index (κ3) is 4.64. The third-order valence-corrected chi connectivity index (χ3v) is 7.57. The Morgan fingerprint density at radius 1 is 1.07 bits per heavy atom. The molecule has 30 heavy (non-hydrogen) atoms. The molecule has 13 heteroatoms. The lowest BCUT2D eigenvalue weighted by molar-refractivity contribution is 0.0521. The first-order chi connectivity index (χ1) is 13.4. The predicted molar refractivity (Wildman–Crippen MR) is 102 cm³/mol. The van der Waals surface area contributed by atoms with Crippen molar-refractivity contribution in [3.8, 4) is 6.07 Å². The molecule has 3 saturated carbocycles. The molecule has 0 aromatic heterocycles. The summed E-state index contributed by atoms with van der Waals surface area (Å²) >= 11 is 0. The van der Waals surface area contributed by atoms with Gasteiger partial charge in [-0.25, -0.2) is 8.42 Å². The number of carbonyl (C=O) groups is 1. The van der Waals surface area contributed by atoms with Crippen molar-refractivity contribution < 1.29 is 32.6 Å². The normalized spacial score (nSPS) is 28.7. The van der Waals surface area contributed by atoms with E-state index in [1.54, 1.807) is 0 Å². The van der Waals surface area contributed by atoms with Gasteiger partial charge in [-0.1, -0.05) is 19.4 Å². The molecule has 3 fully saturated rings. The number of fused-ring (bicyclic) bond motifs is 3. The van der Waals surface area contributed by atoms with E-state index in [1.165, 1.54) is 0 Å². The largest absolute Gasteiger partial charge is 0.347 e. The van der Waals surface area contributed by atoms with Crippen LogP contribution in [0.3, 0.4) is 0 Å². The molecule has 1 amide bonds. The maximum absolute atomic E-state index is 13.2. The Kier molecular flexibility index (Phi) is 4.52. The maximum atomic E-state index is 13.2. The van der Waals surface area contributed by atoms with Crippen molar-refractivity contribution in [2.45, 2.75) is 49.0 Å². The molecular weight excluding hydrogens is 453 g/mol. The molecule has 6 nitrogen and oxygen atoms in total. The third-order valence-electron chi connectivity index (χ3n) is 5.84. The van der Waals surface area contributed by atoms with Gasteiger partial charge in [0.2, 0.25) is 10.0 Å². The second-order valence-electron chi connectivity index (χ2n) is 8.18. The summed E-state index contributed by atoms with van der Waals surface area (Å²) in [5.74, 6) is -1.09. The van der Waals surface area contributed by atoms with E-state index in [1.807, 2.05) is 4.72 Å². The van der Waals surface area contributed by atoms with Crippen LogP contribution in [0.5, 0.6) is 0 Å². The van der Waals surface area contributed by atoms with Gasteiger partial charge in [0, 0.05) is 5.54 Å². The van der Waals surface area contributed by atoms with E-state index in [-0.39, 0.29) is 12.1 Å². The van der Waals surface area contributed by atoms with Gasteiger partial charge in [0.15, 0.2) is 0 Å². The average Bonchev–Trinajstić information content (AvgIpc) is 2.60. The highest BCUT2D eigenvalue weighted by Gasteiger charge is 2.65. The SMILES string of the molecule is CS(=O)(=O)Nc1ccc(S(F)(F)(F)(F)F)cc1C(=O)NC12CCC(C#N)(CC1)CC2. The number of benzene rings is 1. The number of nitrogens with zero attached hydrogens (tertiary/aromatic N) is 1. The molecule has 0 unspecified atom stereocenters. The van der Waals surface area contributed by atoms with Crippen LogP contribution in [0.15, 0.2) is 23.1 Å². The molecule has 0 radical (unpaired) electrons. The highest BCUT2D eigenvalue weighted by Crippen LogP contribution is 3.02. The van der Waals surface area contributed by atoms with Gasteiger partial charge < -0.3 is 5.32 Å². The topological polar surface area (TPSA) is 99.1 Å². The highest BCUT2D eigenvalue weighted by atomic mass is 32.5. The van der Waals surface area contributed by atoms with E-state index in [4.69, 9.17) is 0 Å². The van der Waals surface area contributed by atoms with E-state index in [2.05, 4.69) is 11.4 Å². The van der Waals surface area contributed by atoms with Crippen LogP contribution in [0, 0.1) is 16.7 Å². The Morgan fingerprint density at radius 3 is 2.03 bits per heavy atom. The average molecular weight is 473 g/mol. The first-order valence-corrected chi connectivity index (χ1v) is 12.8. The van der Waals surface area contributed by atoms with Crippen molar-refractivity contribution in [2.24, 2.45) is 5.41 Å². The summed E-state index contributed by atoms with van der Waals surface area (Å²) in [6, 6.07) is 2.81. The Labute approximate surface area is 170 Å². The van der Waals surface area contributed by atoms with Crippen molar-refractivity contribution >= 4 is 31.8 Å². The van der Waals surface area contributed by atoms with Crippen LogP contribution >= 0.6 is 10.2 Å². The van der Waals surface area contributed by atoms with E-state index < -0.39 is 53.3 Å². The van der Waals surface area contributed by atoms with E-state index >= 15 is 0 Å². The minimum Gasteiger partial charge on any atom is -0.347 e. The van der Waals surface area contributed by atoms with Crippen LogP contribution in [-0.4, -0.2) is 26.1 Å². The van der Waals surface area contributed by atoms with Gasteiger partial charge in [0.05, 0.1) is 29.0 Å². The van der Waals surface area contributed by atoms with Crippen molar-refractivity contribution in [1.29, 1.82) is 5.26 Å². The molecular formula is C17H20F5N3O3S2. The Bertz CT molecular complexity index is 1040. The Balaban J connectivity index is 1.99. The molecule has 2 bridgehead atoms. The van der Waals surface area contributed by atoms with Gasteiger partial charge in [-0.2, -0.15) is 5.26 Å². The molecule has 1 aromatic carbocycles. The molecule has 3 aliphatic carbocycles. The van der Waals surface area contributed by atoms with Crippen LogP contribution in [-0.2, 0) is 10.0 Å². The molecule has 2 N–H and O–H groups in total. The Hall–Kier alpha value is -2.07. The molecule has 4 rings (SSSR count). The van der Waals surface area contributed by atoms with Gasteiger partial charge in [-0.05, 0) is 56.7 Å². The van der Waals surface area contributed by atoms with Crippen LogP contribution in [0.2, 0.25) is 0 Å². The molecule has 0 aliphatic heterocycles. The fourth-order valence-corrected chi connectivity index (χ4v) is 5.33. The summed E-state index contributed by atoms with van der Waals surface area (Å²) in [7, 11) is -14.1. The predicted octanol–water partition coefficient (Wildman–Crippen LogP) is 5.06. The van der Waals surface area contributed by atoms with Gasteiger partial charge in [-0.3, -0.25) is 9.52 Å². The smallest absolute Gasteiger partial charge is 0.310 e. The minimum atomic E-state index is -10.1. The van der Waals surface area contributed by atoms with Gasteiger partial charge in [0.25, 0.3) is 5.91 Å². The molecule has 0 atom stereocenters. The zero-order chi connectivity index (χ0) is 22.7. The molecule has 3 aliphatic rings. The van der Waals surface area contributed by atoms with Crippen molar-refractivity contribution in [3.05, 3.63) is 23.8 Å². The standard InChI is InChI=1S/C17H20F5N3O3S2/c1-29(27,28)25-14-3-2-12(30(18,19,20,21)22)10-13(14)15(26)24-17-7-4-16(11-23,5-8-17)6-9-17/h2-3,10,25H,4-9H2,1H3,(H,24,26). The lowest BCUT2D eigenvalue weighted by Gasteiger charge is -2.50. The fourth-order valence-electron chi connectivity index (χ4n) is 4.09. The number of sulfonamides is 1. The second-order valence-corrected chi connectivity index (χ2v) is 12.3. The first kappa shape index (κ1) is 22.6. The number of hydrogen-bond donors (Lipinski definition) is 2. The summed E-state index contributed by atoms with van der Waals surface area (Å²) in [4.78, 5) is 10.5. The van der Waals surface area contributed by atoms with Crippen LogP contribution in [0.1, 0.15) is 48.9 Å². The highest BCUT2D eigenvalue weighted by molar-refractivity contribution is 8.45. The molecule has 1 aromatic rings. The van der Waals surface area contributed by atoms with Crippen molar-refractivity contribution in [3.63, 3.8) is 0 Å². The zero-order valence-corrected chi connectivity index (χ0v) is 17.5. The van der Waals surface area contributed by atoms with E-state index in [9.17, 15) is 37.9 Å². The van der Waals surface area contributed by atoms with Gasteiger partial charge in [0.1, 0.15) is 4.90 Å². The number of carbonyl (C=O) groups excluding carboxylic acids is 1.